The molecule has 0 saturated heterocycles. The Morgan fingerprint density at radius 2 is 1.61 bits per heavy atom. The highest BCUT2D eigenvalue weighted by molar-refractivity contribution is 9.10. The first-order chi connectivity index (χ1) is 8.63. The summed E-state index contributed by atoms with van der Waals surface area (Å²) in [5.41, 5.74) is 2.63. The van der Waals surface area contributed by atoms with Crippen molar-refractivity contribution in [3.05, 3.63) is 58.6 Å². The van der Waals surface area contributed by atoms with Crippen LogP contribution in [0.2, 0.25) is 0 Å². The summed E-state index contributed by atoms with van der Waals surface area (Å²) in [7, 11) is 0. The molecule has 0 aliphatic carbocycles. The zero-order valence-corrected chi connectivity index (χ0v) is 11.5. The number of hydrogen-bond acceptors (Lipinski definition) is 1. The van der Waals surface area contributed by atoms with Gasteiger partial charge >= 0.3 is 6.03 Å². The molecule has 0 fully saturated rings. The van der Waals surface area contributed by atoms with Crippen LogP contribution in [0.1, 0.15) is 5.56 Å². The summed E-state index contributed by atoms with van der Waals surface area (Å²) in [5.74, 6) is 0. The van der Waals surface area contributed by atoms with E-state index >= 15 is 0 Å². The van der Waals surface area contributed by atoms with Gasteiger partial charge in [0.05, 0.1) is 0 Å². The van der Waals surface area contributed by atoms with Crippen LogP contribution >= 0.6 is 15.9 Å². The average molecular weight is 305 g/mol. The molecular formula is C14H13BrN2O. The quantitative estimate of drug-likeness (QED) is 0.848. The fourth-order valence-electron chi connectivity index (χ4n) is 1.58. The molecule has 0 radical (unpaired) electrons. The minimum atomic E-state index is -0.251. The van der Waals surface area contributed by atoms with E-state index in [-0.39, 0.29) is 6.03 Å². The van der Waals surface area contributed by atoms with Crippen LogP contribution in [-0.2, 0) is 0 Å². The van der Waals surface area contributed by atoms with Crippen LogP contribution in [0.25, 0.3) is 0 Å². The molecule has 18 heavy (non-hydrogen) atoms. The van der Waals surface area contributed by atoms with Gasteiger partial charge in [-0.2, -0.15) is 0 Å². The fraction of sp³-hybridized carbons (Fsp3) is 0.0714. The van der Waals surface area contributed by atoms with Crippen molar-refractivity contribution in [2.75, 3.05) is 10.6 Å². The summed E-state index contributed by atoms with van der Waals surface area (Å²) in [6, 6.07) is 14.9. The number of carbonyl (C=O) groups excluding carboxylic acids is 1. The minimum absolute atomic E-state index is 0.251. The average Bonchev–Trinajstić information content (AvgIpc) is 2.28. The highest BCUT2D eigenvalue weighted by Gasteiger charge is 2.02. The van der Waals surface area contributed by atoms with Crippen molar-refractivity contribution in [3.8, 4) is 0 Å². The maximum absolute atomic E-state index is 11.8. The molecule has 0 bridgehead atoms. The van der Waals surface area contributed by atoms with Crippen molar-refractivity contribution in [1.29, 1.82) is 0 Å². The Bertz CT molecular complexity index is 520. The molecule has 92 valence electrons. The molecule has 0 heterocycles. The Morgan fingerprint density at radius 3 is 2.22 bits per heavy atom. The lowest BCUT2D eigenvalue weighted by Crippen LogP contribution is -2.19. The number of nitrogens with one attached hydrogen (secondary N) is 2. The molecule has 0 atom stereocenters. The highest BCUT2D eigenvalue weighted by Crippen LogP contribution is 2.16. The fourth-order valence-corrected chi connectivity index (χ4v) is 1.98. The van der Waals surface area contributed by atoms with Crippen LogP contribution < -0.4 is 10.6 Å². The van der Waals surface area contributed by atoms with Gasteiger partial charge in [0.2, 0.25) is 0 Å². The minimum Gasteiger partial charge on any atom is -0.308 e. The molecule has 2 N–H and O–H groups in total. The normalized spacial score (nSPS) is 9.89. The van der Waals surface area contributed by atoms with Gasteiger partial charge in [0.25, 0.3) is 0 Å². The zero-order valence-electron chi connectivity index (χ0n) is 9.91. The summed E-state index contributed by atoms with van der Waals surface area (Å²) in [6.45, 7) is 1.98. The maximum atomic E-state index is 11.8. The number of carbonyl (C=O) groups is 1. The van der Waals surface area contributed by atoms with Crippen LogP contribution in [-0.4, -0.2) is 6.03 Å². The lowest BCUT2D eigenvalue weighted by Gasteiger charge is -2.08. The first-order valence-corrected chi connectivity index (χ1v) is 6.33. The molecule has 2 rings (SSSR count). The predicted molar refractivity (Wildman–Crippen MR) is 78.0 cm³/mol. The number of anilines is 2. The van der Waals surface area contributed by atoms with Gasteiger partial charge in [0.15, 0.2) is 0 Å². The Kier molecular flexibility index (Phi) is 3.99. The number of benzene rings is 2. The van der Waals surface area contributed by atoms with Crippen molar-refractivity contribution in [1.82, 2.24) is 0 Å². The largest absolute Gasteiger partial charge is 0.323 e. The van der Waals surface area contributed by atoms with E-state index in [4.69, 9.17) is 0 Å². The topological polar surface area (TPSA) is 41.1 Å². The zero-order chi connectivity index (χ0) is 13.0. The van der Waals surface area contributed by atoms with E-state index in [0.29, 0.717) is 0 Å². The van der Waals surface area contributed by atoms with Gasteiger partial charge in [0.1, 0.15) is 0 Å². The molecule has 2 aromatic carbocycles. The smallest absolute Gasteiger partial charge is 0.308 e. The van der Waals surface area contributed by atoms with E-state index in [0.717, 1.165) is 21.4 Å². The lowest BCUT2D eigenvalue weighted by atomic mass is 10.2. The molecule has 0 aromatic heterocycles. The number of aryl methyl sites for hydroxylation is 1. The third-order valence-electron chi connectivity index (χ3n) is 2.36. The maximum Gasteiger partial charge on any atom is 0.323 e. The van der Waals surface area contributed by atoms with Gasteiger partial charge in [-0.3, -0.25) is 0 Å². The molecule has 0 aliphatic rings. The third-order valence-corrected chi connectivity index (χ3v) is 2.85. The molecule has 4 heteroatoms. The van der Waals surface area contributed by atoms with E-state index in [1.165, 1.54) is 0 Å². The summed E-state index contributed by atoms with van der Waals surface area (Å²) in [4.78, 5) is 11.8. The molecule has 0 saturated carbocycles. The van der Waals surface area contributed by atoms with Crippen LogP contribution in [0.15, 0.2) is 53.0 Å². The van der Waals surface area contributed by atoms with Crippen molar-refractivity contribution >= 4 is 33.3 Å². The van der Waals surface area contributed by atoms with Gasteiger partial charge in [-0.05, 0) is 42.8 Å². The van der Waals surface area contributed by atoms with Gasteiger partial charge in [0, 0.05) is 15.8 Å². The summed E-state index contributed by atoms with van der Waals surface area (Å²) >= 11 is 3.36. The molecule has 2 aromatic rings. The SMILES string of the molecule is Cc1cccc(NC(=O)Nc2cccc(Br)c2)c1. The molecular weight excluding hydrogens is 292 g/mol. The highest BCUT2D eigenvalue weighted by atomic mass is 79.9. The van der Waals surface area contributed by atoms with E-state index in [1.54, 1.807) is 0 Å². The summed E-state index contributed by atoms with van der Waals surface area (Å²) in [5, 5.41) is 5.56. The number of amides is 2. The monoisotopic (exact) mass is 304 g/mol. The van der Waals surface area contributed by atoms with E-state index in [2.05, 4.69) is 26.6 Å². The van der Waals surface area contributed by atoms with Gasteiger partial charge in [-0.25, -0.2) is 4.79 Å². The van der Waals surface area contributed by atoms with Crippen LogP contribution in [0.5, 0.6) is 0 Å². The Labute approximate surface area is 114 Å². The van der Waals surface area contributed by atoms with Crippen LogP contribution in [0.3, 0.4) is 0 Å². The van der Waals surface area contributed by atoms with Crippen molar-refractivity contribution in [2.45, 2.75) is 6.92 Å². The Hall–Kier alpha value is -1.81. The second kappa shape index (κ2) is 5.69. The first kappa shape index (κ1) is 12.6. The number of urea groups is 1. The summed E-state index contributed by atoms with van der Waals surface area (Å²) in [6.07, 6.45) is 0. The van der Waals surface area contributed by atoms with Crippen molar-refractivity contribution in [2.24, 2.45) is 0 Å². The van der Waals surface area contributed by atoms with E-state index in [9.17, 15) is 4.79 Å². The standard InChI is InChI=1S/C14H13BrN2O/c1-10-4-2-6-12(8-10)16-14(18)17-13-7-3-5-11(15)9-13/h2-9H,1H3,(H2,16,17,18). The first-order valence-electron chi connectivity index (χ1n) is 5.54. The van der Waals surface area contributed by atoms with E-state index < -0.39 is 0 Å². The molecule has 3 nitrogen and oxygen atoms in total. The van der Waals surface area contributed by atoms with Gasteiger partial charge in [-0.15, -0.1) is 0 Å². The second-order valence-electron chi connectivity index (χ2n) is 3.96. The van der Waals surface area contributed by atoms with Gasteiger partial charge in [-0.1, -0.05) is 34.1 Å². The lowest BCUT2D eigenvalue weighted by molar-refractivity contribution is 0.262. The van der Waals surface area contributed by atoms with E-state index in [1.807, 2.05) is 55.5 Å². The number of halogens is 1. The molecule has 0 spiro atoms. The number of hydrogen-bond donors (Lipinski definition) is 2. The molecule has 2 amide bonds. The molecule has 0 aliphatic heterocycles. The van der Waals surface area contributed by atoms with Crippen molar-refractivity contribution in [3.63, 3.8) is 0 Å². The van der Waals surface area contributed by atoms with Crippen LogP contribution in [0.4, 0.5) is 16.2 Å². The Balaban J connectivity index is 2.01. The van der Waals surface area contributed by atoms with Crippen LogP contribution in [0, 0.1) is 6.92 Å². The number of rotatable bonds is 2. The summed E-state index contributed by atoms with van der Waals surface area (Å²) < 4.78 is 0.927. The van der Waals surface area contributed by atoms with Gasteiger partial charge < -0.3 is 10.6 Å². The Morgan fingerprint density at radius 1 is 1.00 bits per heavy atom. The predicted octanol–water partition coefficient (Wildman–Crippen LogP) is 4.40. The second-order valence-corrected chi connectivity index (χ2v) is 4.87. The molecule has 0 unspecified atom stereocenters. The van der Waals surface area contributed by atoms with Crippen molar-refractivity contribution < 1.29 is 4.79 Å². The third kappa shape index (κ3) is 3.60.